The summed E-state index contributed by atoms with van der Waals surface area (Å²) in [4.78, 5) is 7.13. The van der Waals surface area contributed by atoms with Gasteiger partial charge in [-0.05, 0) is 25.5 Å². The van der Waals surface area contributed by atoms with Gasteiger partial charge in [0.1, 0.15) is 10.8 Å². The van der Waals surface area contributed by atoms with E-state index in [1.807, 2.05) is 12.1 Å². The van der Waals surface area contributed by atoms with E-state index in [9.17, 15) is 0 Å². The average molecular weight is 265 g/mol. The highest BCUT2D eigenvalue weighted by molar-refractivity contribution is 7.80. The van der Waals surface area contributed by atoms with E-state index in [4.69, 9.17) is 22.7 Å². The van der Waals surface area contributed by atoms with E-state index in [0.29, 0.717) is 11.0 Å². The largest absolute Gasteiger partial charge is 0.389 e. The molecule has 2 N–H and O–H groups in total. The first-order valence-corrected chi connectivity index (χ1v) is 6.66. The molecule has 0 aromatic carbocycles. The summed E-state index contributed by atoms with van der Waals surface area (Å²) >= 11 is 5.01. The van der Waals surface area contributed by atoms with Crippen LogP contribution in [-0.4, -0.2) is 35.3 Å². The van der Waals surface area contributed by atoms with Crippen LogP contribution in [0.15, 0.2) is 18.3 Å². The van der Waals surface area contributed by atoms with E-state index in [2.05, 4.69) is 23.7 Å². The van der Waals surface area contributed by atoms with Crippen molar-refractivity contribution >= 4 is 23.0 Å². The Morgan fingerprint density at radius 1 is 1.67 bits per heavy atom. The number of anilines is 1. The average Bonchev–Trinajstić information content (AvgIpc) is 2.39. The molecular weight excluding hydrogens is 246 g/mol. The van der Waals surface area contributed by atoms with Gasteiger partial charge in [0, 0.05) is 18.3 Å². The molecule has 1 aliphatic rings. The summed E-state index contributed by atoms with van der Waals surface area (Å²) in [5.41, 5.74) is 6.53. The number of hydrogen-bond acceptors (Lipinski definition) is 4. The zero-order valence-corrected chi connectivity index (χ0v) is 11.6. The second-order valence-corrected chi connectivity index (χ2v) is 5.07. The van der Waals surface area contributed by atoms with Crippen LogP contribution in [0.3, 0.4) is 0 Å². The second kappa shape index (κ2) is 5.63. The maximum Gasteiger partial charge on any atom is 0.129 e. The molecule has 0 saturated carbocycles. The Morgan fingerprint density at radius 3 is 3.11 bits per heavy atom. The number of rotatable bonds is 3. The van der Waals surface area contributed by atoms with Crippen molar-refractivity contribution in [3.8, 4) is 0 Å². The monoisotopic (exact) mass is 265 g/mol. The minimum atomic E-state index is 0.225. The van der Waals surface area contributed by atoms with Gasteiger partial charge in [-0.1, -0.05) is 19.1 Å². The van der Waals surface area contributed by atoms with Gasteiger partial charge in [-0.15, -0.1) is 0 Å². The van der Waals surface area contributed by atoms with Gasteiger partial charge < -0.3 is 15.4 Å². The minimum Gasteiger partial charge on any atom is -0.389 e. The summed E-state index contributed by atoms with van der Waals surface area (Å²) in [6, 6.07) is 4.18. The highest BCUT2D eigenvalue weighted by Crippen LogP contribution is 2.22. The van der Waals surface area contributed by atoms with Crippen LogP contribution in [0.5, 0.6) is 0 Å². The maximum atomic E-state index is 5.69. The molecule has 1 aromatic heterocycles. The van der Waals surface area contributed by atoms with E-state index in [0.717, 1.165) is 31.0 Å². The molecule has 2 rings (SSSR count). The molecular formula is C13H19N3OS. The minimum absolute atomic E-state index is 0.225. The van der Waals surface area contributed by atoms with Gasteiger partial charge in [0.25, 0.3) is 0 Å². The summed E-state index contributed by atoms with van der Waals surface area (Å²) in [6.07, 6.45) is 3.02. The number of aromatic nitrogens is 1. The summed E-state index contributed by atoms with van der Waals surface area (Å²) in [5.74, 6) is 0.933. The number of hydrogen-bond donors (Lipinski definition) is 1. The molecule has 2 atom stereocenters. The van der Waals surface area contributed by atoms with E-state index < -0.39 is 0 Å². The first kappa shape index (κ1) is 13.2. The Kier molecular flexibility index (Phi) is 4.14. The number of thiocarbonyl (C=S) groups is 1. The molecule has 0 bridgehead atoms. The number of morpholine rings is 1. The maximum absolute atomic E-state index is 5.69. The molecule has 2 unspecified atom stereocenters. The lowest BCUT2D eigenvalue weighted by atomic mass is 10.1. The van der Waals surface area contributed by atoms with Gasteiger partial charge in [-0.25, -0.2) is 4.98 Å². The zero-order valence-electron chi connectivity index (χ0n) is 10.8. The molecule has 0 aliphatic carbocycles. The number of nitrogens with zero attached hydrogens (tertiary/aromatic N) is 2. The standard InChI is InChI=1S/C13H19N3OS/c1-3-11-8-17-9(2)7-16(11)12-6-10(13(14)18)4-5-15-12/h4-6,9,11H,3,7-8H2,1-2H3,(H2,14,18). The molecule has 1 saturated heterocycles. The summed E-state index contributed by atoms with van der Waals surface area (Å²) < 4.78 is 5.69. The SMILES string of the molecule is CCC1COC(C)CN1c1cc(C(N)=S)ccn1. The fourth-order valence-corrected chi connectivity index (χ4v) is 2.32. The predicted molar refractivity (Wildman–Crippen MR) is 77.0 cm³/mol. The molecule has 98 valence electrons. The van der Waals surface area contributed by atoms with Crippen LogP contribution >= 0.6 is 12.2 Å². The summed E-state index contributed by atoms with van der Waals surface area (Å²) in [5, 5.41) is 0. The van der Waals surface area contributed by atoms with Crippen molar-refractivity contribution in [1.82, 2.24) is 4.98 Å². The van der Waals surface area contributed by atoms with Gasteiger partial charge in [0.15, 0.2) is 0 Å². The highest BCUT2D eigenvalue weighted by Gasteiger charge is 2.26. The molecule has 1 fully saturated rings. The Balaban J connectivity index is 2.27. The lowest BCUT2D eigenvalue weighted by molar-refractivity contribution is 0.0296. The van der Waals surface area contributed by atoms with E-state index >= 15 is 0 Å². The van der Waals surface area contributed by atoms with Crippen molar-refractivity contribution < 1.29 is 4.74 Å². The molecule has 1 aliphatic heterocycles. The molecule has 18 heavy (non-hydrogen) atoms. The van der Waals surface area contributed by atoms with Crippen LogP contribution in [0.1, 0.15) is 25.8 Å². The molecule has 0 radical (unpaired) electrons. The highest BCUT2D eigenvalue weighted by atomic mass is 32.1. The Hall–Kier alpha value is -1.20. The van der Waals surface area contributed by atoms with E-state index in [1.165, 1.54) is 0 Å². The van der Waals surface area contributed by atoms with Crippen LogP contribution in [0.2, 0.25) is 0 Å². The van der Waals surface area contributed by atoms with Crippen LogP contribution < -0.4 is 10.6 Å². The third-order valence-electron chi connectivity index (χ3n) is 3.26. The third-order valence-corrected chi connectivity index (χ3v) is 3.50. The van der Waals surface area contributed by atoms with Crippen LogP contribution in [0, 0.1) is 0 Å². The Morgan fingerprint density at radius 2 is 2.44 bits per heavy atom. The zero-order chi connectivity index (χ0) is 13.1. The molecule has 5 heteroatoms. The van der Waals surface area contributed by atoms with Crippen molar-refractivity contribution in [2.45, 2.75) is 32.4 Å². The molecule has 1 aromatic rings. The van der Waals surface area contributed by atoms with Crippen molar-refractivity contribution in [3.63, 3.8) is 0 Å². The van der Waals surface area contributed by atoms with Gasteiger partial charge in [0.05, 0.1) is 18.8 Å². The Bertz CT molecular complexity index is 438. The number of pyridine rings is 1. The second-order valence-electron chi connectivity index (χ2n) is 4.63. The quantitative estimate of drug-likeness (QED) is 0.843. The fraction of sp³-hybridized carbons (Fsp3) is 0.538. The lowest BCUT2D eigenvalue weighted by Gasteiger charge is -2.39. The molecule has 0 spiro atoms. The molecule has 2 heterocycles. The van der Waals surface area contributed by atoms with Crippen LogP contribution in [0.25, 0.3) is 0 Å². The first-order valence-electron chi connectivity index (χ1n) is 6.26. The first-order chi connectivity index (χ1) is 8.61. The summed E-state index contributed by atoms with van der Waals surface area (Å²) in [6.45, 7) is 5.84. The number of ether oxygens (including phenoxy) is 1. The van der Waals surface area contributed by atoms with Crippen molar-refractivity contribution in [1.29, 1.82) is 0 Å². The van der Waals surface area contributed by atoms with Gasteiger partial charge >= 0.3 is 0 Å². The normalized spacial score (nSPS) is 24.0. The van der Waals surface area contributed by atoms with Crippen LogP contribution in [0.4, 0.5) is 5.82 Å². The van der Waals surface area contributed by atoms with Gasteiger partial charge in [-0.3, -0.25) is 0 Å². The number of nitrogens with two attached hydrogens (primary N) is 1. The van der Waals surface area contributed by atoms with Crippen molar-refractivity contribution in [2.24, 2.45) is 5.73 Å². The van der Waals surface area contributed by atoms with E-state index in [-0.39, 0.29) is 6.10 Å². The van der Waals surface area contributed by atoms with Crippen molar-refractivity contribution in [2.75, 3.05) is 18.1 Å². The molecule has 4 nitrogen and oxygen atoms in total. The Labute approximate surface area is 113 Å². The van der Waals surface area contributed by atoms with E-state index in [1.54, 1.807) is 6.20 Å². The van der Waals surface area contributed by atoms with Crippen LogP contribution in [-0.2, 0) is 4.74 Å². The van der Waals surface area contributed by atoms with Gasteiger partial charge in [0.2, 0.25) is 0 Å². The summed E-state index contributed by atoms with van der Waals surface area (Å²) in [7, 11) is 0. The van der Waals surface area contributed by atoms with Crippen molar-refractivity contribution in [3.05, 3.63) is 23.9 Å². The third kappa shape index (κ3) is 2.79. The molecule has 0 amide bonds. The topological polar surface area (TPSA) is 51.4 Å². The fourth-order valence-electron chi connectivity index (χ4n) is 2.19. The lowest BCUT2D eigenvalue weighted by Crippen LogP contribution is -2.49. The van der Waals surface area contributed by atoms with Gasteiger partial charge in [-0.2, -0.15) is 0 Å². The smallest absolute Gasteiger partial charge is 0.129 e. The predicted octanol–water partition coefficient (Wildman–Crippen LogP) is 1.72.